The second-order valence-electron chi connectivity index (χ2n) is 5.76. The first-order valence-corrected chi connectivity index (χ1v) is 7.66. The number of amides is 2. The fourth-order valence-electron chi connectivity index (χ4n) is 2.84. The first-order chi connectivity index (χ1) is 11.9. The number of imide groups is 1. The molecule has 1 aliphatic heterocycles. The predicted molar refractivity (Wildman–Crippen MR) is 88.3 cm³/mol. The van der Waals surface area contributed by atoms with Crippen molar-refractivity contribution in [3.8, 4) is 0 Å². The van der Waals surface area contributed by atoms with Gasteiger partial charge >= 0.3 is 5.97 Å². The van der Waals surface area contributed by atoms with E-state index in [2.05, 4.69) is 0 Å². The lowest BCUT2D eigenvalue weighted by molar-refractivity contribution is -0.144. The summed E-state index contributed by atoms with van der Waals surface area (Å²) in [6, 6.07) is 8.37. The van der Waals surface area contributed by atoms with Crippen molar-refractivity contribution in [3.05, 3.63) is 69.6 Å². The molecule has 2 aromatic rings. The third-order valence-corrected chi connectivity index (χ3v) is 4.15. The Labute approximate surface area is 143 Å². The van der Waals surface area contributed by atoms with Gasteiger partial charge < -0.3 is 4.74 Å². The van der Waals surface area contributed by atoms with E-state index < -0.39 is 29.4 Å². The van der Waals surface area contributed by atoms with Crippen molar-refractivity contribution >= 4 is 17.8 Å². The van der Waals surface area contributed by atoms with Crippen LogP contribution >= 0.6 is 0 Å². The summed E-state index contributed by atoms with van der Waals surface area (Å²) in [5, 5.41) is 0. The molecule has 1 aromatic heterocycles. The Morgan fingerprint density at radius 3 is 2.20 bits per heavy atom. The van der Waals surface area contributed by atoms with Gasteiger partial charge in [-0.3, -0.25) is 23.9 Å². The summed E-state index contributed by atoms with van der Waals surface area (Å²) in [7, 11) is 1.19. The minimum atomic E-state index is -1.11. The number of hydrogen-bond acceptors (Lipinski definition) is 5. The molecule has 0 radical (unpaired) electrons. The Morgan fingerprint density at radius 2 is 1.68 bits per heavy atom. The maximum atomic E-state index is 12.5. The monoisotopic (exact) mass is 340 g/mol. The van der Waals surface area contributed by atoms with Crippen LogP contribution in [0.5, 0.6) is 0 Å². The van der Waals surface area contributed by atoms with Crippen LogP contribution in [-0.4, -0.2) is 40.9 Å². The average molecular weight is 340 g/mol. The molecule has 0 aliphatic carbocycles. The Hall–Kier alpha value is -3.22. The van der Waals surface area contributed by atoms with Gasteiger partial charge in [-0.1, -0.05) is 12.1 Å². The molecule has 7 heteroatoms. The van der Waals surface area contributed by atoms with Gasteiger partial charge in [0.05, 0.1) is 24.8 Å². The summed E-state index contributed by atoms with van der Waals surface area (Å²) in [6.45, 7) is 1.48. The maximum Gasteiger partial charge on any atom is 0.330 e. The van der Waals surface area contributed by atoms with Gasteiger partial charge in [0.15, 0.2) is 6.04 Å². The molecule has 0 fully saturated rings. The van der Waals surface area contributed by atoms with E-state index in [1.54, 1.807) is 37.3 Å². The molecule has 2 heterocycles. The summed E-state index contributed by atoms with van der Waals surface area (Å²) >= 11 is 0. The molecule has 1 aromatic carbocycles. The van der Waals surface area contributed by atoms with Crippen molar-refractivity contribution in [3.63, 3.8) is 0 Å². The van der Waals surface area contributed by atoms with Gasteiger partial charge in [-0.05, 0) is 30.7 Å². The van der Waals surface area contributed by atoms with Crippen LogP contribution in [0.25, 0.3) is 0 Å². The Balaban J connectivity index is 1.98. The molecule has 0 bridgehead atoms. The summed E-state index contributed by atoms with van der Waals surface area (Å²) < 4.78 is 5.93. The highest BCUT2D eigenvalue weighted by Crippen LogP contribution is 2.24. The third kappa shape index (κ3) is 2.84. The van der Waals surface area contributed by atoms with Crippen LogP contribution in [0.4, 0.5) is 0 Å². The number of hydrogen-bond donors (Lipinski definition) is 0. The van der Waals surface area contributed by atoms with Gasteiger partial charge in [0.1, 0.15) is 0 Å². The molecule has 7 nitrogen and oxygen atoms in total. The molecule has 2 amide bonds. The predicted octanol–water partition coefficient (Wildman–Crippen LogP) is 1.17. The molecule has 0 N–H and O–H groups in total. The van der Waals surface area contributed by atoms with Crippen LogP contribution < -0.4 is 5.56 Å². The number of benzene rings is 1. The number of ether oxygens (including phenoxy) is 1. The second kappa shape index (κ2) is 6.35. The highest BCUT2D eigenvalue weighted by Gasteiger charge is 2.38. The van der Waals surface area contributed by atoms with Crippen LogP contribution in [0, 0.1) is 6.92 Å². The van der Waals surface area contributed by atoms with Gasteiger partial charge in [-0.15, -0.1) is 0 Å². The van der Waals surface area contributed by atoms with E-state index in [0.717, 1.165) is 10.5 Å². The van der Waals surface area contributed by atoms with Gasteiger partial charge in [-0.25, -0.2) is 4.79 Å². The second-order valence-corrected chi connectivity index (χ2v) is 5.76. The van der Waals surface area contributed by atoms with Crippen LogP contribution in [0.15, 0.2) is 47.4 Å². The van der Waals surface area contributed by atoms with E-state index in [1.807, 2.05) is 0 Å². The summed E-state index contributed by atoms with van der Waals surface area (Å²) in [5.74, 6) is -1.69. The first kappa shape index (κ1) is 16.6. The molecular weight excluding hydrogens is 324 g/mol. The molecule has 0 saturated carbocycles. The van der Waals surface area contributed by atoms with Gasteiger partial charge in [0.2, 0.25) is 0 Å². The number of carbonyl (C=O) groups is 3. The maximum absolute atomic E-state index is 12.5. The SMILES string of the molecule is COC(=O)C(CN1C(=O)c2ccccc2C1=O)n1ccc(C)cc1=O. The van der Waals surface area contributed by atoms with Gasteiger partial charge in [-0.2, -0.15) is 0 Å². The zero-order valence-electron chi connectivity index (χ0n) is 13.8. The minimum absolute atomic E-state index is 0.276. The zero-order valence-corrected chi connectivity index (χ0v) is 13.8. The molecule has 1 aliphatic rings. The van der Waals surface area contributed by atoms with Crippen molar-refractivity contribution in [2.75, 3.05) is 13.7 Å². The molecule has 0 spiro atoms. The van der Waals surface area contributed by atoms with Gasteiger partial charge in [0.25, 0.3) is 17.4 Å². The number of esters is 1. The number of fused-ring (bicyclic) bond motifs is 1. The lowest BCUT2D eigenvalue weighted by Crippen LogP contribution is -2.41. The highest BCUT2D eigenvalue weighted by molar-refractivity contribution is 6.21. The minimum Gasteiger partial charge on any atom is -0.467 e. The number of aryl methyl sites for hydroxylation is 1. The molecule has 3 rings (SSSR count). The zero-order chi connectivity index (χ0) is 18.1. The third-order valence-electron chi connectivity index (χ3n) is 4.15. The van der Waals surface area contributed by atoms with Crippen molar-refractivity contribution in [2.24, 2.45) is 0 Å². The molecule has 0 saturated heterocycles. The van der Waals surface area contributed by atoms with Crippen molar-refractivity contribution in [2.45, 2.75) is 13.0 Å². The van der Waals surface area contributed by atoms with E-state index in [-0.39, 0.29) is 17.7 Å². The van der Waals surface area contributed by atoms with Crippen molar-refractivity contribution in [1.29, 1.82) is 0 Å². The lowest BCUT2D eigenvalue weighted by Gasteiger charge is -2.22. The van der Waals surface area contributed by atoms with Crippen molar-refractivity contribution < 1.29 is 19.1 Å². The fraction of sp³-hybridized carbons (Fsp3) is 0.222. The number of pyridine rings is 1. The number of aromatic nitrogens is 1. The topological polar surface area (TPSA) is 85.7 Å². The molecule has 1 unspecified atom stereocenters. The number of methoxy groups -OCH3 is 1. The fourth-order valence-corrected chi connectivity index (χ4v) is 2.84. The van der Waals surface area contributed by atoms with Crippen LogP contribution in [0.1, 0.15) is 32.3 Å². The molecule has 128 valence electrons. The van der Waals surface area contributed by atoms with E-state index in [9.17, 15) is 19.2 Å². The van der Waals surface area contributed by atoms with E-state index in [1.165, 1.54) is 23.9 Å². The number of rotatable bonds is 4. The van der Waals surface area contributed by atoms with Gasteiger partial charge in [0, 0.05) is 12.3 Å². The Morgan fingerprint density at radius 1 is 1.08 bits per heavy atom. The summed E-state index contributed by atoms with van der Waals surface area (Å²) in [5.41, 5.74) is 0.900. The molecule has 25 heavy (non-hydrogen) atoms. The Bertz CT molecular complexity index is 896. The van der Waals surface area contributed by atoms with E-state index in [0.29, 0.717) is 0 Å². The summed E-state index contributed by atoms with van der Waals surface area (Å²) in [6.07, 6.45) is 1.46. The molecular formula is C18H16N2O5. The van der Waals surface area contributed by atoms with E-state index >= 15 is 0 Å². The van der Waals surface area contributed by atoms with E-state index in [4.69, 9.17) is 4.74 Å². The lowest BCUT2D eigenvalue weighted by atomic mass is 10.1. The highest BCUT2D eigenvalue weighted by atomic mass is 16.5. The average Bonchev–Trinajstić information content (AvgIpc) is 2.84. The molecule has 1 atom stereocenters. The van der Waals surface area contributed by atoms with Crippen molar-refractivity contribution in [1.82, 2.24) is 9.47 Å². The first-order valence-electron chi connectivity index (χ1n) is 7.66. The Kier molecular flexibility index (Phi) is 4.22. The smallest absolute Gasteiger partial charge is 0.330 e. The number of nitrogens with zero attached hydrogens (tertiary/aromatic N) is 2. The quantitative estimate of drug-likeness (QED) is 0.616. The van der Waals surface area contributed by atoms with Crippen LogP contribution in [-0.2, 0) is 9.53 Å². The number of carbonyl (C=O) groups excluding carboxylic acids is 3. The standard InChI is InChI=1S/C18H16N2O5/c1-11-7-8-19(15(21)9-11)14(18(24)25-2)10-20-16(22)12-5-3-4-6-13(12)17(20)23/h3-9,14H,10H2,1-2H3. The summed E-state index contributed by atoms with van der Waals surface area (Å²) in [4.78, 5) is 50.4. The van der Waals surface area contributed by atoms with Crippen LogP contribution in [0.2, 0.25) is 0 Å². The largest absolute Gasteiger partial charge is 0.467 e. The normalized spacial score (nSPS) is 14.4. The van der Waals surface area contributed by atoms with Crippen LogP contribution in [0.3, 0.4) is 0 Å².